The molecule has 4 nitrogen and oxygen atoms in total. The third kappa shape index (κ3) is 2.75. The molecule has 114 valence electrons. The van der Waals surface area contributed by atoms with Gasteiger partial charge in [-0.15, -0.1) is 0 Å². The second-order valence-electron chi connectivity index (χ2n) is 6.14. The molecule has 0 saturated carbocycles. The molecule has 0 aliphatic carbocycles. The summed E-state index contributed by atoms with van der Waals surface area (Å²) < 4.78 is 13.7. The Kier molecular flexibility index (Phi) is 3.85. The molecule has 1 amide bonds. The van der Waals surface area contributed by atoms with Crippen LogP contribution in [0.25, 0.3) is 0 Å². The molecule has 0 spiro atoms. The monoisotopic (exact) mass is 291 g/mol. The van der Waals surface area contributed by atoms with Crippen molar-refractivity contribution in [1.29, 1.82) is 0 Å². The van der Waals surface area contributed by atoms with E-state index in [0.29, 0.717) is 22.9 Å². The topological polar surface area (TPSA) is 58.4 Å². The summed E-state index contributed by atoms with van der Waals surface area (Å²) in [6, 6.07) is 3.44. The zero-order chi connectivity index (χ0) is 15.0. The minimum Gasteiger partial charge on any atom is -0.398 e. The Morgan fingerprint density at radius 2 is 2.14 bits per heavy atom. The lowest BCUT2D eigenvalue weighted by Gasteiger charge is -2.32. The number of piperidine rings is 1. The van der Waals surface area contributed by atoms with E-state index in [1.807, 2.05) is 0 Å². The maximum atomic E-state index is 13.7. The first-order chi connectivity index (χ1) is 10.1. The van der Waals surface area contributed by atoms with E-state index in [2.05, 4.69) is 10.2 Å². The van der Waals surface area contributed by atoms with Gasteiger partial charge in [0.25, 0.3) is 5.91 Å². The Morgan fingerprint density at radius 3 is 2.90 bits per heavy atom. The second kappa shape index (κ2) is 5.64. The number of nitrogens with two attached hydrogens (primary N) is 1. The summed E-state index contributed by atoms with van der Waals surface area (Å²) in [4.78, 5) is 14.8. The van der Waals surface area contributed by atoms with E-state index >= 15 is 0 Å². The molecule has 21 heavy (non-hydrogen) atoms. The lowest BCUT2D eigenvalue weighted by molar-refractivity contribution is 0.0915. The van der Waals surface area contributed by atoms with Crippen molar-refractivity contribution in [3.05, 3.63) is 29.1 Å². The summed E-state index contributed by atoms with van der Waals surface area (Å²) >= 11 is 0. The van der Waals surface area contributed by atoms with Crippen LogP contribution >= 0.6 is 0 Å². The summed E-state index contributed by atoms with van der Waals surface area (Å²) in [7, 11) is 0. The Balaban J connectivity index is 1.72. The summed E-state index contributed by atoms with van der Waals surface area (Å²) in [5.41, 5.74) is 6.77. The first-order valence-corrected chi connectivity index (χ1v) is 7.67. The Labute approximate surface area is 124 Å². The molecule has 0 radical (unpaired) electrons. The molecular weight excluding hydrogens is 269 g/mol. The number of amides is 1. The number of hydrogen-bond donors (Lipinski definition) is 2. The molecule has 2 saturated heterocycles. The van der Waals surface area contributed by atoms with Gasteiger partial charge in [0.2, 0.25) is 0 Å². The van der Waals surface area contributed by atoms with Crippen LogP contribution in [0.15, 0.2) is 12.1 Å². The van der Waals surface area contributed by atoms with Crippen LogP contribution in [0, 0.1) is 12.7 Å². The van der Waals surface area contributed by atoms with E-state index in [1.165, 1.54) is 18.9 Å². The molecular formula is C16H22FN3O. The van der Waals surface area contributed by atoms with Crippen LogP contribution in [0.1, 0.15) is 41.6 Å². The molecule has 2 unspecified atom stereocenters. The Bertz CT molecular complexity index is 537. The number of hydrogen-bond acceptors (Lipinski definition) is 3. The number of halogens is 1. The van der Waals surface area contributed by atoms with E-state index in [9.17, 15) is 9.18 Å². The Morgan fingerprint density at radius 1 is 1.33 bits per heavy atom. The zero-order valence-corrected chi connectivity index (χ0v) is 12.4. The van der Waals surface area contributed by atoms with Gasteiger partial charge in [0, 0.05) is 35.4 Å². The van der Waals surface area contributed by atoms with Gasteiger partial charge in [-0.2, -0.15) is 0 Å². The molecule has 2 fully saturated rings. The van der Waals surface area contributed by atoms with Gasteiger partial charge in [0.05, 0.1) is 0 Å². The molecule has 2 aliphatic heterocycles. The van der Waals surface area contributed by atoms with Crippen LogP contribution in [-0.4, -0.2) is 36.0 Å². The molecule has 3 rings (SSSR count). The van der Waals surface area contributed by atoms with Gasteiger partial charge in [-0.3, -0.25) is 9.69 Å². The molecule has 1 aromatic carbocycles. The molecule has 2 atom stereocenters. The summed E-state index contributed by atoms with van der Waals surface area (Å²) in [5, 5.41) is 3.07. The summed E-state index contributed by atoms with van der Waals surface area (Å²) in [5.74, 6) is -0.649. The van der Waals surface area contributed by atoms with Gasteiger partial charge in [0.15, 0.2) is 0 Å². The van der Waals surface area contributed by atoms with Gasteiger partial charge in [-0.1, -0.05) is 6.42 Å². The van der Waals surface area contributed by atoms with Crippen LogP contribution in [0.5, 0.6) is 0 Å². The van der Waals surface area contributed by atoms with Crippen molar-refractivity contribution in [2.24, 2.45) is 0 Å². The van der Waals surface area contributed by atoms with E-state index in [1.54, 1.807) is 13.0 Å². The molecule has 2 aliphatic rings. The largest absolute Gasteiger partial charge is 0.398 e. The van der Waals surface area contributed by atoms with Crippen molar-refractivity contribution < 1.29 is 9.18 Å². The summed E-state index contributed by atoms with van der Waals surface area (Å²) in [6.45, 7) is 3.78. The highest BCUT2D eigenvalue weighted by Crippen LogP contribution is 2.27. The highest BCUT2D eigenvalue weighted by molar-refractivity contribution is 5.95. The maximum absolute atomic E-state index is 13.7. The van der Waals surface area contributed by atoms with E-state index in [4.69, 9.17) is 5.73 Å². The number of carbonyl (C=O) groups excluding carboxylic acids is 1. The fourth-order valence-corrected chi connectivity index (χ4v) is 3.50. The quantitative estimate of drug-likeness (QED) is 0.820. The highest BCUT2D eigenvalue weighted by Gasteiger charge is 2.36. The highest BCUT2D eigenvalue weighted by atomic mass is 19.1. The lowest BCUT2D eigenvalue weighted by Crippen LogP contribution is -2.46. The Hall–Kier alpha value is -1.62. The van der Waals surface area contributed by atoms with Crippen molar-refractivity contribution in [3.8, 4) is 0 Å². The fourth-order valence-electron chi connectivity index (χ4n) is 3.50. The standard InChI is InChI=1S/C16H22FN3O/c1-10-12(17)8-11(9-13(10)18)16(21)19-14-5-7-20-6-3-2-4-15(14)20/h8-9,14-15H,2-7,18H2,1H3,(H,19,21). The number of anilines is 1. The van der Waals surface area contributed by atoms with Gasteiger partial charge in [-0.25, -0.2) is 4.39 Å². The average Bonchev–Trinajstić information content (AvgIpc) is 2.87. The summed E-state index contributed by atoms with van der Waals surface area (Å²) in [6.07, 6.45) is 4.58. The first kappa shape index (κ1) is 14.3. The maximum Gasteiger partial charge on any atom is 0.251 e. The number of nitrogens with zero attached hydrogens (tertiary/aromatic N) is 1. The van der Waals surface area contributed by atoms with Crippen molar-refractivity contribution >= 4 is 11.6 Å². The van der Waals surface area contributed by atoms with Crippen LogP contribution < -0.4 is 11.1 Å². The predicted molar refractivity (Wildman–Crippen MR) is 80.6 cm³/mol. The van der Waals surface area contributed by atoms with Gasteiger partial charge in [-0.05, 0) is 44.9 Å². The normalized spacial score (nSPS) is 25.6. The van der Waals surface area contributed by atoms with Crippen molar-refractivity contribution in [2.45, 2.75) is 44.7 Å². The van der Waals surface area contributed by atoms with Crippen LogP contribution in [0.2, 0.25) is 0 Å². The number of benzene rings is 1. The fraction of sp³-hybridized carbons (Fsp3) is 0.562. The second-order valence-corrected chi connectivity index (χ2v) is 6.14. The minimum atomic E-state index is -0.425. The van der Waals surface area contributed by atoms with Gasteiger partial charge >= 0.3 is 0 Å². The molecule has 2 heterocycles. The third-order valence-corrected chi connectivity index (χ3v) is 4.82. The van der Waals surface area contributed by atoms with Gasteiger partial charge in [0.1, 0.15) is 5.82 Å². The van der Waals surface area contributed by atoms with Crippen molar-refractivity contribution in [1.82, 2.24) is 10.2 Å². The van der Waals surface area contributed by atoms with Crippen LogP contribution in [0.3, 0.4) is 0 Å². The van der Waals surface area contributed by atoms with Crippen molar-refractivity contribution in [3.63, 3.8) is 0 Å². The first-order valence-electron chi connectivity index (χ1n) is 7.67. The lowest BCUT2D eigenvalue weighted by atomic mass is 9.98. The molecule has 0 aromatic heterocycles. The van der Waals surface area contributed by atoms with E-state index in [0.717, 1.165) is 25.9 Å². The SMILES string of the molecule is Cc1c(N)cc(C(=O)NC2CCN3CCCCC23)cc1F. The predicted octanol–water partition coefficient (Wildman–Crippen LogP) is 2.07. The molecule has 3 N–H and O–H groups in total. The van der Waals surface area contributed by atoms with E-state index in [-0.39, 0.29) is 11.9 Å². The molecule has 5 heteroatoms. The molecule has 1 aromatic rings. The molecule has 0 bridgehead atoms. The number of carbonyl (C=O) groups is 1. The minimum absolute atomic E-state index is 0.170. The van der Waals surface area contributed by atoms with E-state index < -0.39 is 5.82 Å². The smallest absolute Gasteiger partial charge is 0.251 e. The number of nitrogen functional groups attached to an aromatic ring is 1. The number of rotatable bonds is 2. The average molecular weight is 291 g/mol. The van der Waals surface area contributed by atoms with Crippen LogP contribution in [-0.2, 0) is 0 Å². The van der Waals surface area contributed by atoms with Crippen molar-refractivity contribution in [2.75, 3.05) is 18.8 Å². The third-order valence-electron chi connectivity index (χ3n) is 4.82. The van der Waals surface area contributed by atoms with Gasteiger partial charge < -0.3 is 11.1 Å². The zero-order valence-electron chi connectivity index (χ0n) is 12.4. The number of fused-ring (bicyclic) bond motifs is 1. The van der Waals surface area contributed by atoms with Crippen LogP contribution in [0.4, 0.5) is 10.1 Å². The number of nitrogens with one attached hydrogen (secondary N) is 1.